The standard InChI is InChI=1S/C26H19N3/c1-18-27-23-12-6-8-14-26(23)28(18)20-15-16-25-22(17-20)21-11-5-7-13-24(21)29(25)19-9-3-2-4-10-19/h2-17H,1H3. The molecular weight excluding hydrogens is 354 g/mol. The number of fused-ring (bicyclic) bond motifs is 4. The second-order valence-corrected chi connectivity index (χ2v) is 7.37. The minimum absolute atomic E-state index is 0.998. The van der Waals surface area contributed by atoms with Crippen molar-refractivity contribution >= 4 is 32.8 Å². The van der Waals surface area contributed by atoms with Gasteiger partial charge in [0.15, 0.2) is 0 Å². The average Bonchev–Trinajstić information content (AvgIpc) is 3.28. The summed E-state index contributed by atoms with van der Waals surface area (Å²) in [5.74, 6) is 0.998. The fraction of sp³-hybridized carbons (Fsp3) is 0.0385. The Labute approximate surface area is 168 Å². The summed E-state index contributed by atoms with van der Waals surface area (Å²) in [5, 5.41) is 2.51. The molecule has 0 radical (unpaired) electrons. The van der Waals surface area contributed by atoms with Crippen molar-refractivity contribution in [1.29, 1.82) is 0 Å². The van der Waals surface area contributed by atoms with Gasteiger partial charge in [0.1, 0.15) is 5.82 Å². The SMILES string of the molecule is Cc1nc2ccccc2n1-c1ccc2c(c1)c1ccccc1n2-c1ccccc1. The second kappa shape index (κ2) is 6.08. The van der Waals surface area contributed by atoms with Gasteiger partial charge in [-0.15, -0.1) is 0 Å². The first-order valence-electron chi connectivity index (χ1n) is 9.84. The van der Waals surface area contributed by atoms with E-state index < -0.39 is 0 Å². The number of rotatable bonds is 2. The molecular formula is C26H19N3. The van der Waals surface area contributed by atoms with Crippen LogP contribution >= 0.6 is 0 Å². The molecule has 0 unspecified atom stereocenters. The van der Waals surface area contributed by atoms with Gasteiger partial charge >= 0.3 is 0 Å². The molecule has 4 aromatic carbocycles. The average molecular weight is 373 g/mol. The number of para-hydroxylation sites is 4. The first kappa shape index (κ1) is 16.1. The summed E-state index contributed by atoms with van der Waals surface area (Å²) in [7, 11) is 0. The van der Waals surface area contributed by atoms with Gasteiger partial charge in [0.2, 0.25) is 0 Å². The van der Waals surface area contributed by atoms with Gasteiger partial charge in [0, 0.05) is 22.1 Å². The molecule has 29 heavy (non-hydrogen) atoms. The van der Waals surface area contributed by atoms with Crippen molar-refractivity contribution in [2.45, 2.75) is 6.92 Å². The normalized spacial score (nSPS) is 11.6. The van der Waals surface area contributed by atoms with Crippen LogP contribution in [0, 0.1) is 6.92 Å². The Morgan fingerprint density at radius 2 is 1.24 bits per heavy atom. The van der Waals surface area contributed by atoms with Gasteiger partial charge in [-0.1, -0.05) is 48.5 Å². The lowest BCUT2D eigenvalue weighted by atomic mass is 10.1. The number of hydrogen-bond donors (Lipinski definition) is 0. The lowest BCUT2D eigenvalue weighted by Crippen LogP contribution is -1.97. The second-order valence-electron chi connectivity index (χ2n) is 7.37. The van der Waals surface area contributed by atoms with Crippen LogP contribution in [0.15, 0.2) is 97.1 Å². The molecule has 2 heterocycles. The summed E-state index contributed by atoms with van der Waals surface area (Å²) in [5.41, 5.74) is 6.91. The molecule has 0 atom stereocenters. The molecule has 0 N–H and O–H groups in total. The van der Waals surface area contributed by atoms with Crippen molar-refractivity contribution in [2.24, 2.45) is 0 Å². The highest BCUT2D eigenvalue weighted by atomic mass is 15.1. The van der Waals surface area contributed by atoms with E-state index in [-0.39, 0.29) is 0 Å². The van der Waals surface area contributed by atoms with E-state index in [9.17, 15) is 0 Å². The van der Waals surface area contributed by atoms with Crippen molar-refractivity contribution in [2.75, 3.05) is 0 Å². The molecule has 3 nitrogen and oxygen atoms in total. The summed E-state index contributed by atoms with van der Waals surface area (Å²) in [4.78, 5) is 4.74. The molecule has 0 saturated heterocycles. The highest BCUT2D eigenvalue weighted by Crippen LogP contribution is 2.34. The minimum atomic E-state index is 0.998. The van der Waals surface area contributed by atoms with Crippen LogP contribution in [0.1, 0.15) is 5.82 Å². The van der Waals surface area contributed by atoms with E-state index in [2.05, 4.69) is 107 Å². The maximum atomic E-state index is 4.74. The van der Waals surface area contributed by atoms with E-state index in [0.717, 1.165) is 22.5 Å². The van der Waals surface area contributed by atoms with Gasteiger partial charge in [-0.3, -0.25) is 4.57 Å². The molecule has 2 aromatic heterocycles. The molecule has 0 bridgehead atoms. The summed E-state index contributed by atoms with van der Waals surface area (Å²) in [6.07, 6.45) is 0. The topological polar surface area (TPSA) is 22.8 Å². The molecule has 0 saturated carbocycles. The van der Waals surface area contributed by atoms with Gasteiger partial charge < -0.3 is 4.57 Å². The number of aryl methyl sites for hydroxylation is 1. The predicted octanol–water partition coefficient (Wildman–Crippen LogP) is 6.43. The molecule has 0 aliphatic heterocycles. The number of aromatic nitrogens is 3. The van der Waals surface area contributed by atoms with E-state index in [4.69, 9.17) is 4.98 Å². The lowest BCUT2D eigenvalue weighted by Gasteiger charge is -2.09. The van der Waals surface area contributed by atoms with Crippen molar-refractivity contribution < 1.29 is 0 Å². The Morgan fingerprint density at radius 3 is 2.10 bits per heavy atom. The number of hydrogen-bond acceptors (Lipinski definition) is 1. The fourth-order valence-electron chi connectivity index (χ4n) is 4.43. The number of imidazole rings is 1. The van der Waals surface area contributed by atoms with Gasteiger partial charge in [0.25, 0.3) is 0 Å². The third-order valence-corrected chi connectivity index (χ3v) is 5.66. The quantitative estimate of drug-likeness (QED) is 0.343. The molecule has 6 rings (SSSR count). The Bertz CT molecular complexity index is 1500. The molecule has 138 valence electrons. The van der Waals surface area contributed by atoms with Crippen LogP contribution < -0.4 is 0 Å². The van der Waals surface area contributed by atoms with Crippen LogP contribution in [0.2, 0.25) is 0 Å². The van der Waals surface area contributed by atoms with Gasteiger partial charge in [0.05, 0.1) is 22.1 Å². The third-order valence-electron chi connectivity index (χ3n) is 5.66. The Morgan fingerprint density at radius 1 is 0.552 bits per heavy atom. The van der Waals surface area contributed by atoms with Crippen molar-refractivity contribution in [1.82, 2.24) is 14.1 Å². The number of nitrogens with zero attached hydrogens (tertiary/aromatic N) is 3. The van der Waals surface area contributed by atoms with Gasteiger partial charge in [-0.2, -0.15) is 0 Å². The van der Waals surface area contributed by atoms with Gasteiger partial charge in [-0.05, 0) is 55.5 Å². The molecule has 0 spiro atoms. The van der Waals surface area contributed by atoms with E-state index in [1.54, 1.807) is 0 Å². The smallest absolute Gasteiger partial charge is 0.111 e. The highest BCUT2D eigenvalue weighted by Gasteiger charge is 2.14. The van der Waals surface area contributed by atoms with Crippen LogP contribution in [0.25, 0.3) is 44.2 Å². The molecule has 0 aliphatic carbocycles. The molecule has 0 aliphatic rings. The zero-order valence-corrected chi connectivity index (χ0v) is 16.1. The van der Waals surface area contributed by atoms with Crippen LogP contribution in [-0.2, 0) is 0 Å². The van der Waals surface area contributed by atoms with Crippen LogP contribution in [0.4, 0.5) is 0 Å². The van der Waals surface area contributed by atoms with Crippen LogP contribution in [0.5, 0.6) is 0 Å². The van der Waals surface area contributed by atoms with E-state index in [1.165, 1.54) is 27.5 Å². The lowest BCUT2D eigenvalue weighted by molar-refractivity contribution is 1.00. The Hall–Kier alpha value is -3.85. The van der Waals surface area contributed by atoms with Crippen LogP contribution in [0.3, 0.4) is 0 Å². The number of benzene rings is 4. The summed E-state index contributed by atoms with van der Waals surface area (Å²) < 4.78 is 4.58. The van der Waals surface area contributed by atoms with Crippen LogP contribution in [-0.4, -0.2) is 14.1 Å². The molecule has 0 fully saturated rings. The van der Waals surface area contributed by atoms with E-state index in [0.29, 0.717) is 0 Å². The first-order valence-corrected chi connectivity index (χ1v) is 9.84. The summed E-state index contributed by atoms with van der Waals surface area (Å²) in [6.45, 7) is 2.07. The maximum Gasteiger partial charge on any atom is 0.111 e. The molecule has 6 aromatic rings. The Balaban J connectivity index is 1.69. The zero-order chi connectivity index (χ0) is 19.4. The third kappa shape index (κ3) is 2.34. The molecule has 0 amide bonds. The van der Waals surface area contributed by atoms with Crippen molar-refractivity contribution in [3.8, 4) is 11.4 Å². The van der Waals surface area contributed by atoms with E-state index >= 15 is 0 Å². The summed E-state index contributed by atoms with van der Waals surface area (Å²) in [6, 6.07) is 34.2. The van der Waals surface area contributed by atoms with Crippen molar-refractivity contribution in [3.05, 3.63) is 103 Å². The minimum Gasteiger partial charge on any atom is -0.309 e. The van der Waals surface area contributed by atoms with Gasteiger partial charge in [-0.25, -0.2) is 4.98 Å². The van der Waals surface area contributed by atoms with E-state index in [1.807, 2.05) is 6.07 Å². The van der Waals surface area contributed by atoms with Crippen molar-refractivity contribution in [3.63, 3.8) is 0 Å². The zero-order valence-electron chi connectivity index (χ0n) is 16.1. The Kier molecular flexibility index (Phi) is 3.38. The fourth-order valence-corrected chi connectivity index (χ4v) is 4.43. The monoisotopic (exact) mass is 373 g/mol. The predicted molar refractivity (Wildman–Crippen MR) is 120 cm³/mol. The molecule has 3 heteroatoms. The largest absolute Gasteiger partial charge is 0.309 e. The highest BCUT2D eigenvalue weighted by molar-refractivity contribution is 6.10. The maximum absolute atomic E-state index is 4.74. The summed E-state index contributed by atoms with van der Waals surface area (Å²) >= 11 is 0. The first-order chi connectivity index (χ1) is 14.3.